The lowest BCUT2D eigenvalue weighted by Crippen LogP contribution is -2.24. The molecule has 0 bridgehead atoms. The number of hydrogen-bond acceptors (Lipinski definition) is 6. The van der Waals surface area contributed by atoms with E-state index >= 15 is 0 Å². The van der Waals surface area contributed by atoms with E-state index < -0.39 is 0 Å². The summed E-state index contributed by atoms with van der Waals surface area (Å²) in [5.74, 6) is 1.38. The first-order valence-electron chi connectivity index (χ1n) is 8.94. The van der Waals surface area contributed by atoms with Gasteiger partial charge in [0.25, 0.3) is 0 Å². The second-order valence-electron chi connectivity index (χ2n) is 6.32. The van der Waals surface area contributed by atoms with Crippen LogP contribution in [0.15, 0.2) is 52.1 Å². The van der Waals surface area contributed by atoms with Crippen molar-refractivity contribution in [3.8, 4) is 5.75 Å². The molecule has 1 amide bonds. The highest BCUT2D eigenvalue weighted by Crippen LogP contribution is 2.32. The van der Waals surface area contributed by atoms with Crippen LogP contribution in [0, 0.1) is 6.92 Å². The number of hydrogen-bond donors (Lipinski definition) is 1. The standard InChI is InChI=1S/C20H20N4O3S/c1-4-18(19(25)21-13-6-5-7-14(10-13)26-3)28-20-16-11-17-15(8-9-27-17)24(16)12(2)22-23-20/h5-11,18H,4H2,1-3H3,(H,21,25). The Bertz CT molecular complexity index is 1150. The molecule has 3 aromatic heterocycles. The molecular weight excluding hydrogens is 376 g/mol. The molecule has 0 spiro atoms. The summed E-state index contributed by atoms with van der Waals surface area (Å²) in [6.45, 7) is 3.87. The fraction of sp³-hybridized carbons (Fsp3) is 0.250. The van der Waals surface area contributed by atoms with Gasteiger partial charge in [-0.25, -0.2) is 0 Å². The maximum Gasteiger partial charge on any atom is 0.237 e. The van der Waals surface area contributed by atoms with Crippen LogP contribution in [-0.4, -0.2) is 32.9 Å². The van der Waals surface area contributed by atoms with Gasteiger partial charge in [-0.15, -0.1) is 10.2 Å². The Kier molecular flexibility index (Phi) is 4.95. The second-order valence-corrected chi connectivity index (χ2v) is 7.51. The second kappa shape index (κ2) is 7.55. The summed E-state index contributed by atoms with van der Waals surface area (Å²) in [6.07, 6.45) is 2.30. The average molecular weight is 396 g/mol. The number of carbonyl (C=O) groups excluding carboxylic acids is 1. The van der Waals surface area contributed by atoms with Gasteiger partial charge in [0.15, 0.2) is 5.58 Å². The van der Waals surface area contributed by atoms with Crippen LogP contribution in [0.2, 0.25) is 0 Å². The Hall–Kier alpha value is -3.00. The maximum absolute atomic E-state index is 12.8. The molecule has 0 saturated carbocycles. The average Bonchev–Trinajstić information content (AvgIpc) is 3.29. The largest absolute Gasteiger partial charge is 0.497 e. The predicted octanol–water partition coefficient (Wildman–Crippen LogP) is 4.30. The zero-order valence-electron chi connectivity index (χ0n) is 15.8. The van der Waals surface area contributed by atoms with Crippen molar-refractivity contribution in [3.63, 3.8) is 0 Å². The number of nitrogens with zero attached hydrogens (tertiary/aromatic N) is 3. The summed E-state index contributed by atoms with van der Waals surface area (Å²) < 4.78 is 12.7. The summed E-state index contributed by atoms with van der Waals surface area (Å²) in [5, 5.41) is 11.9. The third kappa shape index (κ3) is 3.31. The van der Waals surface area contributed by atoms with E-state index in [9.17, 15) is 4.79 Å². The van der Waals surface area contributed by atoms with Crippen molar-refractivity contribution < 1.29 is 13.9 Å². The number of carbonyl (C=O) groups is 1. The topological polar surface area (TPSA) is 81.7 Å². The zero-order valence-corrected chi connectivity index (χ0v) is 16.6. The molecule has 4 aromatic rings. The number of ether oxygens (including phenoxy) is 1. The number of fused-ring (bicyclic) bond motifs is 3. The van der Waals surface area contributed by atoms with E-state index in [4.69, 9.17) is 9.15 Å². The number of nitrogens with one attached hydrogen (secondary N) is 1. The molecular formula is C20H20N4O3S. The molecule has 1 unspecified atom stereocenters. The Morgan fingerprint density at radius 1 is 1.29 bits per heavy atom. The lowest BCUT2D eigenvalue weighted by molar-refractivity contribution is -0.115. The van der Waals surface area contributed by atoms with Crippen molar-refractivity contribution in [3.05, 3.63) is 48.5 Å². The lowest BCUT2D eigenvalue weighted by Gasteiger charge is -2.15. The number of aryl methyl sites for hydroxylation is 1. The lowest BCUT2D eigenvalue weighted by atomic mass is 10.2. The number of methoxy groups -OCH3 is 1. The molecule has 3 heterocycles. The van der Waals surface area contributed by atoms with Gasteiger partial charge in [-0.3, -0.25) is 9.20 Å². The minimum Gasteiger partial charge on any atom is -0.497 e. The zero-order chi connectivity index (χ0) is 19.7. The highest BCUT2D eigenvalue weighted by molar-refractivity contribution is 8.00. The fourth-order valence-corrected chi connectivity index (χ4v) is 4.07. The first-order chi connectivity index (χ1) is 13.6. The van der Waals surface area contributed by atoms with Crippen LogP contribution in [0.5, 0.6) is 5.75 Å². The van der Waals surface area contributed by atoms with Gasteiger partial charge >= 0.3 is 0 Å². The number of amides is 1. The molecule has 0 fully saturated rings. The van der Waals surface area contributed by atoms with Gasteiger partial charge in [0.05, 0.1) is 29.7 Å². The van der Waals surface area contributed by atoms with E-state index in [1.165, 1.54) is 11.8 Å². The Morgan fingerprint density at radius 2 is 2.14 bits per heavy atom. The van der Waals surface area contributed by atoms with Gasteiger partial charge in [0.2, 0.25) is 5.91 Å². The third-order valence-electron chi connectivity index (χ3n) is 4.51. The molecule has 0 radical (unpaired) electrons. The quantitative estimate of drug-likeness (QED) is 0.489. The highest BCUT2D eigenvalue weighted by atomic mass is 32.2. The van der Waals surface area contributed by atoms with Crippen molar-refractivity contribution in [2.45, 2.75) is 30.5 Å². The maximum atomic E-state index is 12.8. The number of rotatable bonds is 6. The van der Waals surface area contributed by atoms with Gasteiger partial charge < -0.3 is 14.5 Å². The minimum atomic E-state index is -0.312. The van der Waals surface area contributed by atoms with Crippen LogP contribution in [0.25, 0.3) is 16.6 Å². The number of anilines is 1. The van der Waals surface area contributed by atoms with Crippen LogP contribution in [0.1, 0.15) is 19.2 Å². The normalized spacial score (nSPS) is 12.4. The molecule has 8 heteroatoms. The van der Waals surface area contributed by atoms with Crippen molar-refractivity contribution >= 4 is 40.0 Å². The molecule has 0 aliphatic heterocycles. The van der Waals surface area contributed by atoms with Crippen molar-refractivity contribution in [2.24, 2.45) is 0 Å². The van der Waals surface area contributed by atoms with Gasteiger partial charge in [-0.05, 0) is 25.5 Å². The summed E-state index contributed by atoms with van der Waals surface area (Å²) in [7, 11) is 1.60. The molecule has 28 heavy (non-hydrogen) atoms. The Morgan fingerprint density at radius 3 is 2.93 bits per heavy atom. The summed E-state index contributed by atoms with van der Waals surface area (Å²) in [5.41, 5.74) is 3.30. The van der Waals surface area contributed by atoms with E-state index in [1.54, 1.807) is 19.4 Å². The van der Waals surface area contributed by atoms with Crippen LogP contribution >= 0.6 is 11.8 Å². The molecule has 0 saturated heterocycles. The molecule has 144 valence electrons. The van der Waals surface area contributed by atoms with Crippen molar-refractivity contribution in [2.75, 3.05) is 12.4 Å². The number of furan rings is 1. The van der Waals surface area contributed by atoms with Gasteiger partial charge in [-0.1, -0.05) is 24.8 Å². The molecule has 4 rings (SSSR count). The summed E-state index contributed by atoms with van der Waals surface area (Å²) in [6, 6.07) is 11.1. The molecule has 1 N–H and O–H groups in total. The van der Waals surface area contributed by atoms with Crippen LogP contribution in [0.4, 0.5) is 5.69 Å². The minimum absolute atomic E-state index is 0.0866. The predicted molar refractivity (Wildman–Crippen MR) is 109 cm³/mol. The van der Waals surface area contributed by atoms with Crippen LogP contribution < -0.4 is 10.1 Å². The van der Waals surface area contributed by atoms with Crippen molar-refractivity contribution in [1.82, 2.24) is 14.6 Å². The molecule has 0 aliphatic rings. The number of aromatic nitrogens is 3. The SMILES string of the molecule is CCC(Sc1nnc(C)n2c1cc1occc12)C(=O)Nc1cccc(OC)c1. The first kappa shape index (κ1) is 18.4. The Labute approximate surface area is 166 Å². The fourth-order valence-electron chi connectivity index (χ4n) is 3.11. The molecule has 1 atom stereocenters. The van der Waals surface area contributed by atoms with E-state index in [-0.39, 0.29) is 11.2 Å². The smallest absolute Gasteiger partial charge is 0.237 e. The van der Waals surface area contributed by atoms with E-state index in [2.05, 4.69) is 15.5 Å². The van der Waals surface area contributed by atoms with Gasteiger partial charge in [-0.2, -0.15) is 0 Å². The molecule has 1 aromatic carbocycles. The van der Waals surface area contributed by atoms with E-state index in [0.717, 1.165) is 22.4 Å². The summed E-state index contributed by atoms with van der Waals surface area (Å²) in [4.78, 5) is 12.8. The monoisotopic (exact) mass is 396 g/mol. The summed E-state index contributed by atoms with van der Waals surface area (Å²) >= 11 is 1.40. The highest BCUT2D eigenvalue weighted by Gasteiger charge is 2.22. The third-order valence-corrected chi connectivity index (χ3v) is 5.85. The number of thioether (sulfide) groups is 1. The number of benzene rings is 1. The molecule has 0 aliphatic carbocycles. The van der Waals surface area contributed by atoms with Crippen LogP contribution in [-0.2, 0) is 4.79 Å². The van der Waals surface area contributed by atoms with Crippen molar-refractivity contribution in [1.29, 1.82) is 0 Å². The first-order valence-corrected chi connectivity index (χ1v) is 9.82. The van der Waals surface area contributed by atoms with Gasteiger partial charge in [0, 0.05) is 23.9 Å². The molecule has 7 nitrogen and oxygen atoms in total. The van der Waals surface area contributed by atoms with Gasteiger partial charge in [0.1, 0.15) is 16.6 Å². The van der Waals surface area contributed by atoms with E-state index in [1.807, 2.05) is 48.6 Å². The van der Waals surface area contributed by atoms with E-state index in [0.29, 0.717) is 22.9 Å². The van der Waals surface area contributed by atoms with Crippen LogP contribution in [0.3, 0.4) is 0 Å². The Balaban J connectivity index is 1.61.